The van der Waals surface area contributed by atoms with E-state index in [1.54, 1.807) is 12.1 Å². The molecule has 1 fully saturated rings. The number of hydrogen-bond donors (Lipinski definition) is 0. The quantitative estimate of drug-likeness (QED) is 0.805. The summed E-state index contributed by atoms with van der Waals surface area (Å²) in [5.41, 5.74) is 3.06. The van der Waals surface area contributed by atoms with Crippen LogP contribution in [0.4, 0.5) is 0 Å². The minimum atomic E-state index is -3.33. The van der Waals surface area contributed by atoms with Crippen molar-refractivity contribution in [3.05, 3.63) is 41.6 Å². The van der Waals surface area contributed by atoms with Gasteiger partial charge in [-0.15, -0.1) is 0 Å². The molecule has 0 bridgehead atoms. The summed E-state index contributed by atoms with van der Waals surface area (Å²) in [4.78, 5) is 2.36. The number of benzene rings is 1. The smallest absolute Gasteiger partial charge is 0.175 e. The normalized spacial score (nSPS) is 19.8. The Labute approximate surface area is 149 Å². The third-order valence-electron chi connectivity index (χ3n) is 4.39. The predicted molar refractivity (Wildman–Crippen MR) is 98.3 cm³/mol. The lowest BCUT2D eigenvalue weighted by Gasteiger charge is -2.37. The SMILES string of the molecule is CC1=CC(c2cc(OCC3(C)COC3)cc(S(C)(=O)=O)c2)=CN(C)C1. The summed E-state index contributed by atoms with van der Waals surface area (Å²) >= 11 is 0. The van der Waals surface area contributed by atoms with Crippen LogP contribution in [0.25, 0.3) is 5.57 Å². The summed E-state index contributed by atoms with van der Waals surface area (Å²) in [5.74, 6) is 0.575. The molecule has 0 unspecified atom stereocenters. The van der Waals surface area contributed by atoms with Crippen LogP contribution in [0.2, 0.25) is 0 Å². The molecular formula is C19H25NO4S. The number of hydrogen-bond acceptors (Lipinski definition) is 5. The van der Waals surface area contributed by atoms with E-state index in [0.717, 1.165) is 17.7 Å². The highest BCUT2D eigenvalue weighted by Gasteiger charge is 2.34. The molecule has 2 aliphatic heterocycles. The third kappa shape index (κ3) is 4.25. The van der Waals surface area contributed by atoms with Gasteiger partial charge in [0.25, 0.3) is 0 Å². The largest absolute Gasteiger partial charge is 0.493 e. The average Bonchev–Trinajstić information content (AvgIpc) is 2.49. The van der Waals surface area contributed by atoms with Crippen molar-refractivity contribution in [3.8, 4) is 5.75 Å². The maximum atomic E-state index is 12.1. The topological polar surface area (TPSA) is 55.8 Å². The third-order valence-corrected chi connectivity index (χ3v) is 5.48. The number of allylic oxidation sites excluding steroid dienone is 2. The zero-order chi connectivity index (χ0) is 18.2. The summed E-state index contributed by atoms with van der Waals surface area (Å²) < 4.78 is 35.4. The molecule has 1 saturated heterocycles. The van der Waals surface area contributed by atoms with Crippen molar-refractivity contribution in [3.63, 3.8) is 0 Å². The van der Waals surface area contributed by atoms with Crippen LogP contribution in [0, 0.1) is 5.41 Å². The molecule has 0 saturated carbocycles. The predicted octanol–water partition coefficient (Wildman–Crippen LogP) is 2.74. The molecule has 25 heavy (non-hydrogen) atoms. The van der Waals surface area contributed by atoms with Gasteiger partial charge in [0.15, 0.2) is 9.84 Å². The zero-order valence-corrected chi connectivity index (χ0v) is 16.0. The molecule has 5 nitrogen and oxygen atoms in total. The van der Waals surface area contributed by atoms with Gasteiger partial charge in [-0.25, -0.2) is 8.42 Å². The van der Waals surface area contributed by atoms with Gasteiger partial charge in [-0.05, 0) is 36.3 Å². The van der Waals surface area contributed by atoms with Crippen LogP contribution >= 0.6 is 0 Å². The van der Waals surface area contributed by atoms with E-state index in [-0.39, 0.29) is 10.3 Å². The maximum absolute atomic E-state index is 12.1. The van der Waals surface area contributed by atoms with Crippen molar-refractivity contribution >= 4 is 15.4 Å². The molecular weight excluding hydrogens is 338 g/mol. The minimum absolute atomic E-state index is 0.00206. The van der Waals surface area contributed by atoms with Gasteiger partial charge in [-0.2, -0.15) is 0 Å². The lowest BCUT2D eigenvalue weighted by atomic mass is 9.90. The maximum Gasteiger partial charge on any atom is 0.175 e. The Hall–Kier alpha value is -1.79. The van der Waals surface area contributed by atoms with Crippen LogP contribution in [-0.4, -0.2) is 53.0 Å². The van der Waals surface area contributed by atoms with Crippen LogP contribution in [0.3, 0.4) is 0 Å². The summed E-state index contributed by atoms with van der Waals surface area (Å²) in [7, 11) is -1.32. The Bertz CT molecular complexity index is 835. The second-order valence-electron chi connectivity index (χ2n) is 7.55. The second-order valence-corrected chi connectivity index (χ2v) is 9.56. The molecule has 0 spiro atoms. The van der Waals surface area contributed by atoms with Gasteiger partial charge < -0.3 is 14.4 Å². The van der Waals surface area contributed by atoms with Gasteiger partial charge in [0.2, 0.25) is 0 Å². The number of sulfone groups is 1. The van der Waals surface area contributed by atoms with Crippen molar-refractivity contribution < 1.29 is 17.9 Å². The van der Waals surface area contributed by atoms with Gasteiger partial charge in [0.05, 0.1) is 24.7 Å². The second kappa shape index (κ2) is 6.50. The van der Waals surface area contributed by atoms with Gasteiger partial charge in [0.1, 0.15) is 5.75 Å². The Kier molecular flexibility index (Phi) is 4.68. The molecule has 3 rings (SSSR count). The molecule has 0 aliphatic carbocycles. The molecule has 0 aromatic heterocycles. The van der Waals surface area contributed by atoms with Crippen molar-refractivity contribution in [2.24, 2.45) is 5.41 Å². The van der Waals surface area contributed by atoms with Gasteiger partial charge >= 0.3 is 0 Å². The van der Waals surface area contributed by atoms with Crippen LogP contribution in [0.5, 0.6) is 5.75 Å². The van der Waals surface area contributed by atoms with E-state index < -0.39 is 9.84 Å². The molecule has 0 atom stereocenters. The van der Waals surface area contributed by atoms with E-state index >= 15 is 0 Å². The first-order valence-corrected chi connectivity index (χ1v) is 10.2. The van der Waals surface area contributed by atoms with Gasteiger partial charge in [0, 0.05) is 31.5 Å². The molecule has 6 heteroatoms. The highest BCUT2D eigenvalue weighted by molar-refractivity contribution is 7.90. The van der Waals surface area contributed by atoms with Crippen molar-refractivity contribution in [1.82, 2.24) is 4.90 Å². The highest BCUT2D eigenvalue weighted by Crippen LogP contribution is 2.31. The molecule has 2 aliphatic rings. The average molecular weight is 363 g/mol. The van der Waals surface area contributed by atoms with E-state index in [2.05, 4.69) is 24.8 Å². The lowest BCUT2D eigenvalue weighted by molar-refractivity contribution is -0.120. The van der Waals surface area contributed by atoms with Gasteiger partial charge in [-0.1, -0.05) is 18.6 Å². The first kappa shape index (κ1) is 18.0. The minimum Gasteiger partial charge on any atom is -0.493 e. The van der Waals surface area contributed by atoms with Crippen molar-refractivity contribution in [2.75, 3.05) is 39.7 Å². The number of nitrogens with zero attached hydrogens (tertiary/aromatic N) is 1. The monoisotopic (exact) mass is 363 g/mol. The molecule has 136 valence electrons. The molecule has 0 amide bonds. The Morgan fingerprint density at radius 3 is 2.56 bits per heavy atom. The van der Waals surface area contributed by atoms with Gasteiger partial charge in [-0.3, -0.25) is 0 Å². The zero-order valence-electron chi connectivity index (χ0n) is 15.2. The highest BCUT2D eigenvalue weighted by atomic mass is 32.2. The molecule has 0 N–H and O–H groups in total. The van der Waals surface area contributed by atoms with Crippen LogP contribution in [-0.2, 0) is 14.6 Å². The number of likely N-dealkylation sites (N-methyl/N-ethyl adjacent to an activating group) is 1. The molecule has 2 heterocycles. The molecule has 0 radical (unpaired) electrons. The van der Waals surface area contributed by atoms with E-state index in [9.17, 15) is 8.42 Å². The van der Waals surface area contributed by atoms with Crippen molar-refractivity contribution in [2.45, 2.75) is 18.7 Å². The Balaban J connectivity index is 1.96. The summed E-state index contributed by atoms with van der Waals surface area (Å²) in [6.07, 6.45) is 5.34. The standard InChI is InChI=1S/C19H25NO4S/c1-14-5-16(10-20(3)9-14)15-6-17(8-18(7-15)25(4,21)22)24-13-19(2)11-23-12-19/h5-8,10H,9,11-13H2,1-4H3. The lowest BCUT2D eigenvalue weighted by Crippen LogP contribution is -2.44. The van der Waals surface area contributed by atoms with E-state index in [1.807, 2.05) is 19.3 Å². The molecule has 1 aromatic rings. The molecule has 1 aromatic carbocycles. The Morgan fingerprint density at radius 2 is 2.00 bits per heavy atom. The summed E-state index contributed by atoms with van der Waals surface area (Å²) in [6, 6.07) is 5.23. The summed E-state index contributed by atoms with van der Waals surface area (Å²) in [5, 5.41) is 0. The Morgan fingerprint density at radius 1 is 1.28 bits per heavy atom. The van der Waals surface area contributed by atoms with E-state index in [0.29, 0.717) is 25.6 Å². The van der Waals surface area contributed by atoms with Crippen LogP contribution < -0.4 is 4.74 Å². The summed E-state index contributed by atoms with van der Waals surface area (Å²) in [6.45, 7) is 6.89. The number of rotatable bonds is 5. The first-order chi connectivity index (χ1) is 11.6. The van der Waals surface area contributed by atoms with Crippen LogP contribution in [0.15, 0.2) is 40.9 Å². The fraction of sp³-hybridized carbons (Fsp3) is 0.474. The van der Waals surface area contributed by atoms with E-state index in [4.69, 9.17) is 9.47 Å². The van der Waals surface area contributed by atoms with E-state index in [1.165, 1.54) is 11.8 Å². The van der Waals surface area contributed by atoms with Crippen LogP contribution in [0.1, 0.15) is 19.4 Å². The fourth-order valence-corrected chi connectivity index (χ4v) is 3.68. The first-order valence-electron chi connectivity index (χ1n) is 8.30. The van der Waals surface area contributed by atoms with Crippen molar-refractivity contribution in [1.29, 1.82) is 0 Å². The number of ether oxygens (including phenoxy) is 2. The fourth-order valence-electron chi connectivity index (χ4n) is 3.01.